The van der Waals surface area contributed by atoms with Crippen LogP contribution in [0.5, 0.6) is 11.5 Å². The number of nitrogens with one attached hydrogen (secondary N) is 1. The number of rotatable bonds is 5. The molecule has 1 aromatic carbocycles. The van der Waals surface area contributed by atoms with Gasteiger partial charge in [-0.15, -0.1) is 0 Å². The highest BCUT2D eigenvalue weighted by Crippen LogP contribution is 2.30. The fourth-order valence-corrected chi connectivity index (χ4v) is 4.46. The van der Waals surface area contributed by atoms with Crippen molar-refractivity contribution in [3.8, 4) is 11.5 Å². The van der Waals surface area contributed by atoms with Crippen molar-refractivity contribution in [3.63, 3.8) is 0 Å². The molecule has 0 unspecified atom stereocenters. The zero-order chi connectivity index (χ0) is 18.5. The fraction of sp³-hybridized carbons (Fsp3) is 0.667. The number of benzene rings is 1. The molecule has 0 aromatic heterocycles. The maximum Gasteiger partial charge on any atom is 0.226 e. The van der Waals surface area contributed by atoms with Gasteiger partial charge in [0, 0.05) is 31.8 Å². The molecule has 0 spiro atoms. The molecule has 0 radical (unpaired) electrons. The van der Waals surface area contributed by atoms with E-state index in [2.05, 4.69) is 17.9 Å². The predicted octanol–water partition coefficient (Wildman–Crippen LogP) is 1.76. The van der Waals surface area contributed by atoms with Gasteiger partial charge in [0.1, 0.15) is 6.54 Å². The van der Waals surface area contributed by atoms with E-state index in [0.29, 0.717) is 11.8 Å². The lowest BCUT2D eigenvalue weighted by Gasteiger charge is -2.36. The molecule has 1 aromatic rings. The van der Waals surface area contributed by atoms with Crippen LogP contribution in [0.4, 0.5) is 0 Å². The van der Waals surface area contributed by atoms with E-state index in [4.69, 9.17) is 9.47 Å². The number of carbonyl (C=O) groups is 1. The van der Waals surface area contributed by atoms with Crippen molar-refractivity contribution < 1.29 is 19.2 Å². The first kappa shape index (κ1) is 19.0. The van der Waals surface area contributed by atoms with E-state index in [1.54, 1.807) is 14.2 Å². The molecule has 1 atom stereocenters. The Balaban J connectivity index is 1.55. The van der Waals surface area contributed by atoms with Gasteiger partial charge in [-0.2, -0.15) is 0 Å². The molecule has 2 aliphatic heterocycles. The summed E-state index contributed by atoms with van der Waals surface area (Å²) < 4.78 is 11.0. The molecule has 5 heteroatoms. The number of para-hydroxylation sites is 1. The van der Waals surface area contributed by atoms with Crippen LogP contribution >= 0.6 is 0 Å². The largest absolute Gasteiger partial charge is 0.493 e. The zero-order valence-corrected chi connectivity index (χ0v) is 16.4. The van der Waals surface area contributed by atoms with E-state index in [9.17, 15) is 4.79 Å². The minimum absolute atomic E-state index is 0.219. The Morgan fingerprint density at radius 2 is 1.96 bits per heavy atom. The van der Waals surface area contributed by atoms with Gasteiger partial charge in [0.25, 0.3) is 0 Å². The quantitative estimate of drug-likeness (QED) is 0.869. The Kier molecular flexibility index (Phi) is 6.41. The summed E-state index contributed by atoms with van der Waals surface area (Å²) in [7, 11) is 3.37. The Morgan fingerprint density at radius 1 is 1.19 bits per heavy atom. The molecule has 0 aliphatic carbocycles. The average Bonchev–Trinajstić information content (AvgIpc) is 2.67. The zero-order valence-electron chi connectivity index (χ0n) is 16.4. The number of quaternary nitrogens is 1. The standard InChI is InChI=1S/C21H32N2O3/c1-16-6-5-11-23(14-16)21(24)17-9-12-22(13-10-17)15-18-7-4-8-19(25-2)20(18)26-3/h4,7-8,16-17H,5-6,9-15H2,1-3H3/p+1/t16-/m0/s1. The topological polar surface area (TPSA) is 43.2 Å². The van der Waals surface area contributed by atoms with E-state index in [-0.39, 0.29) is 5.92 Å². The maximum atomic E-state index is 12.8. The molecule has 5 nitrogen and oxygen atoms in total. The Labute approximate surface area is 157 Å². The van der Waals surface area contributed by atoms with Crippen LogP contribution < -0.4 is 14.4 Å². The third-order valence-electron chi connectivity index (χ3n) is 5.94. The van der Waals surface area contributed by atoms with Crippen LogP contribution in [0.1, 0.15) is 38.2 Å². The van der Waals surface area contributed by atoms with Crippen LogP contribution in [0.15, 0.2) is 18.2 Å². The molecule has 2 heterocycles. The van der Waals surface area contributed by atoms with Crippen LogP contribution in [0.25, 0.3) is 0 Å². The van der Waals surface area contributed by atoms with Crippen LogP contribution in [-0.4, -0.2) is 51.2 Å². The Morgan fingerprint density at radius 3 is 2.62 bits per heavy atom. The lowest BCUT2D eigenvalue weighted by molar-refractivity contribution is -0.919. The third-order valence-corrected chi connectivity index (χ3v) is 5.94. The van der Waals surface area contributed by atoms with Gasteiger partial charge in [0.2, 0.25) is 5.91 Å². The molecule has 144 valence electrons. The Bertz CT molecular complexity index is 611. The van der Waals surface area contributed by atoms with Crippen LogP contribution in [0.3, 0.4) is 0 Å². The normalized spacial score (nSPS) is 26.4. The second-order valence-electron chi connectivity index (χ2n) is 7.89. The summed E-state index contributed by atoms with van der Waals surface area (Å²) in [6.07, 6.45) is 4.40. The second kappa shape index (κ2) is 8.76. The molecule has 1 N–H and O–H groups in total. The Hall–Kier alpha value is -1.75. The average molecular weight is 362 g/mol. The molecule has 1 amide bonds. The monoisotopic (exact) mass is 361 g/mol. The number of carbonyl (C=O) groups excluding carboxylic acids is 1. The van der Waals surface area contributed by atoms with Crippen molar-refractivity contribution in [1.29, 1.82) is 0 Å². The van der Waals surface area contributed by atoms with Crippen molar-refractivity contribution in [2.45, 2.75) is 39.2 Å². The number of methoxy groups -OCH3 is 2. The van der Waals surface area contributed by atoms with Gasteiger partial charge in [0.05, 0.1) is 32.9 Å². The highest BCUT2D eigenvalue weighted by atomic mass is 16.5. The predicted molar refractivity (Wildman–Crippen MR) is 102 cm³/mol. The number of piperidine rings is 2. The first-order chi connectivity index (χ1) is 12.6. The molecule has 0 saturated carbocycles. The van der Waals surface area contributed by atoms with Gasteiger partial charge in [-0.05, 0) is 30.9 Å². The summed E-state index contributed by atoms with van der Waals surface area (Å²) >= 11 is 0. The number of likely N-dealkylation sites (tertiary alicyclic amines) is 2. The lowest BCUT2D eigenvalue weighted by Crippen LogP contribution is -3.11. The molecule has 2 fully saturated rings. The van der Waals surface area contributed by atoms with E-state index in [0.717, 1.165) is 63.5 Å². The minimum Gasteiger partial charge on any atom is -0.493 e. The summed E-state index contributed by atoms with van der Waals surface area (Å²) in [4.78, 5) is 16.5. The third kappa shape index (κ3) is 4.32. The minimum atomic E-state index is 0.219. The van der Waals surface area contributed by atoms with E-state index in [1.165, 1.54) is 16.9 Å². The second-order valence-corrected chi connectivity index (χ2v) is 7.89. The first-order valence-corrected chi connectivity index (χ1v) is 9.94. The van der Waals surface area contributed by atoms with E-state index < -0.39 is 0 Å². The maximum absolute atomic E-state index is 12.8. The van der Waals surface area contributed by atoms with Gasteiger partial charge >= 0.3 is 0 Å². The molecule has 3 rings (SSSR count). The van der Waals surface area contributed by atoms with Crippen LogP contribution in [0, 0.1) is 11.8 Å². The number of ether oxygens (including phenoxy) is 2. The van der Waals surface area contributed by atoms with Gasteiger partial charge in [0.15, 0.2) is 11.5 Å². The number of hydrogen-bond acceptors (Lipinski definition) is 3. The van der Waals surface area contributed by atoms with E-state index >= 15 is 0 Å². The highest BCUT2D eigenvalue weighted by molar-refractivity contribution is 5.79. The fourth-order valence-electron chi connectivity index (χ4n) is 4.46. The summed E-state index contributed by atoms with van der Waals surface area (Å²) in [6.45, 7) is 7.17. The van der Waals surface area contributed by atoms with Crippen molar-refractivity contribution in [2.75, 3.05) is 40.4 Å². The van der Waals surface area contributed by atoms with Gasteiger partial charge in [-0.1, -0.05) is 13.0 Å². The molecular weight excluding hydrogens is 328 g/mol. The highest BCUT2D eigenvalue weighted by Gasteiger charge is 2.32. The first-order valence-electron chi connectivity index (χ1n) is 9.94. The van der Waals surface area contributed by atoms with Crippen LogP contribution in [-0.2, 0) is 11.3 Å². The molecule has 2 aliphatic rings. The number of nitrogens with zero attached hydrogens (tertiary/aromatic N) is 1. The molecule has 26 heavy (non-hydrogen) atoms. The molecular formula is C21H33N2O3+. The lowest BCUT2D eigenvalue weighted by atomic mass is 9.92. The van der Waals surface area contributed by atoms with Crippen molar-refractivity contribution >= 4 is 5.91 Å². The molecule has 0 bridgehead atoms. The van der Waals surface area contributed by atoms with Gasteiger partial charge in [-0.25, -0.2) is 0 Å². The van der Waals surface area contributed by atoms with Crippen LogP contribution in [0.2, 0.25) is 0 Å². The number of hydrogen-bond donors (Lipinski definition) is 1. The summed E-state index contributed by atoms with van der Waals surface area (Å²) in [5.41, 5.74) is 1.18. The van der Waals surface area contributed by atoms with Gasteiger partial charge < -0.3 is 19.3 Å². The van der Waals surface area contributed by atoms with E-state index in [1.807, 2.05) is 12.1 Å². The number of amides is 1. The smallest absolute Gasteiger partial charge is 0.226 e. The summed E-state index contributed by atoms with van der Waals surface area (Å²) in [6, 6.07) is 6.06. The molecule has 2 saturated heterocycles. The SMILES string of the molecule is COc1cccc(C[NH+]2CCC(C(=O)N3CCC[C@H](C)C3)CC2)c1OC. The van der Waals surface area contributed by atoms with Crippen molar-refractivity contribution in [3.05, 3.63) is 23.8 Å². The summed E-state index contributed by atoms with van der Waals surface area (Å²) in [5.74, 6) is 2.89. The van der Waals surface area contributed by atoms with Crippen molar-refractivity contribution in [2.24, 2.45) is 11.8 Å². The van der Waals surface area contributed by atoms with Gasteiger partial charge in [-0.3, -0.25) is 4.79 Å². The van der Waals surface area contributed by atoms with Crippen molar-refractivity contribution in [1.82, 2.24) is 4.90 Å². The summed E-state index contributed by atoms with van der Waals surface area (Å²) in [5, 5.41) is 0.